The molecule has 4 rings (SSSR count). The molecule has 1 aromatic heterocycles. The van der Waals surface area contributed by atoms with E-state index in [1.54, 1.807) is 23.4 Å². The van der Waals surface area contributed by atoms with Crippen LogP contribution in [-0.4, -0.2) is 59.0 Å². The fraction of sp³-hybridized carbons (Fsp3) is 0.500. The van der Waals surface area contributed by atoms with Gasteiger partial charge in [-0.1, -0.05) is 13.0 Å². The number of imidazole rings is 1. The van der Waals surface area contributed by atoms with Gasteiger partial charge in [-0.05, 0) is 31.5 Å². The molecule has 7 heteroatoms. The topological polar surface area (TPSA) is 61.5 Å². The van der Waals surface area contributed by atoms with Crippen molar-refractivity contribution in [2.75, 3.05) is 33.3 Å². The van der Waals surface area contributed by atoms with Crippen molar-refractivity contribution in [3.63, 3.8) is 0 Å². The number of methoxy groups -OCH3 is 1. The second kappa shape index (κ2) is 6.96. The van der Waals surface area contributed by atoms with Crippen molar-refractivity contribution in [1.29, 1.82) is 0 Å². The monoisotopic (exact) mass is 372 g/mol. The number of fused-ring (bicyclic) bond motifs is 2. The first-order valence-electron chi connectivity index (χ1n) is 9.50. The van der Waals surface area contributed by atoms with Gasteiger partial charge in [-0.2, -0.15) is 0 Å². The molecule has 0 atom stereocenters. The van der Waals surface area contributed by atoms with Gasteiger partial charge in [0.1, 0.15) is 17.1 Å². The molecule has 6 nitrogen and oxygen atoms in total. The molecule has 1 fully saturated rings. The number of halogens is 1. The third kappa shape index (κ3) is 2.81. The van der Waals surface area contributed by atoms with Gasteiger partial charge in [-0.15, -0.1) is 0 Å². The zero-order valence-electron chi connectivity index (χ0n) is 15.8. The van der Waals surface area contributed by atoms with Gasteiger partial charge >= 0.3 is 0 Å². The highest BCUT2D eigenvalue weighted by Crippen LogP contribution is 2.42. The van der Waals surface area contributed by atoms with Gasteiger partial charge in [0, 0.05) is 31.7 Å². The molecule has 1 aromatic carbocycles. The van der Waals surface area contributed by atoms with E-state index >= 15 is 0 Å². The first-order valence-corrected chi connectivity index (χ1v) is 9.50. The highest BCUT2D eigenvalue weighted by atomic mass is 19.1. The van der Waals surface area contributed by atoms with Gasteiger partial charge in [-0.25, -0.2) is 9.37 Å². The number of H-pyrrole nitrogens is 1. The summed E-state index contributed by atoms with van der Waals surface area (Å²) in [4.78, 5) is 25.1. The molecule has 0 aliphatic carbocycles. The van der Waals surface area contributed by atoms with Crippen LogP contribution < -0.4 is 4.74 Å². The Labute approximate surface area is 158 Å². The van der Waals surface area contributed by atoms with Crippen LogP contribution in [0.3, 0.4) is 0 Å². The van der Waals surface area contributed by atoms with Crippen molar-refractivity contribution in [2.45, 2.75) is 31.7 Å². The van der Waals surface area contributed by atoms with Crippen LogP contribution >= 0.6 is 0 Å². The molecule has 1 saturated heterocycles. The summed E-state index contributed by atoms with van der Waals surface area (Å²) >= 11 is 0. The number of hydrogen-bond acceptors (Lipinski definition) is 4. The van der Waals surface area contributed by atoms with Gasteiger partial charge in [-0.3, -0.25) is 9.69 Å². The van der Waals surface area contributed by atoms with Gasteiger partial charge in [0.25, 0.3) is 5.91 Å². The average Bonchev–Trinajstić information content (AvgIpc) is 3.18. The molecule has 2 aliphatic heterocycles. The van der Waals surface area contributed by atoms with E-state index in [1.807, 2.05) is 0 Å². The second-order valence-corrected chi connectivity index (χ2v) is 7.20. The molecule has 1 spiro atoms. The van der Waals surface area contributed by atoms with Crippen LogP contribution in [0.5, 0.6) is 5.75 Å². The highest BCUT2D eigenvalue weighted by molar-refractivity contribution is 5.97. The molecule has 0 unspecified atom stereocenters. The highest BCUT2D eigenvalue weighted by Gasteiger charge is 2.46. The quantitative estimate of drug-likeness (QED) is 0.900. The lowest BCUT2D eigenvalue weighted by molar-refractivity contribution is 0.0100. The lowest BCUT2D eigenvalue weighted by atomic mass is 9.78. The van der Waals surface area contributed by atoms with Crippen LogP contribution in [0.2, 0.25) is 0 Å². The number of likely N-dealkylation sites (tertiary alicyclic amines) is 1. The van der Waals surface area contributed by atoms with Crippen LogP contribution in [0.4, 0.5) is 4.39 Å². The Kier molecular flexibility index (Phi) is 4.63. The molecule has 1 N–H and O–H groups in total. The maximum atomic E-state index is 14.3. The predicted molar refractivity (Wildman–Crippen MR) is 99.3 cm³/mol. The van der Waals surface area contributed by atoms with Crippen molar-refractivity contribution in [3.05, 3.63) is 47.3 Å². The van der Waals surface area contributed by atoms with Crippen LogP contribution in [0.15, 0.2) is 24.5 Å². The average molecular weight is 372 g/mol. The fourth-order valence-electron chi connectivity index (χ4n) is 4.66. The number of piperidine rings is 1. The van der Waals surface area contributed by atoms with E-state index in [1.165, 1.54) is 18.9 Å². The number of aromatic nitrogens is 2. The Morgan fingerprint density at radius 1 is 1.33 bits per heavy atom. The van der Waals surface area contributed by atoms with Crippen molar-refractivity contribution >= 4 is 5.91 Å². The van der Waals surface area contributed by atoms with Gasteiger partial charge in [0.15, 0.2) is 0 Å². The molecular formula is C20H25FN4O2. The summed E-state index contributed by atoms with van der Waals surface area (Å²) in [5, 5.41) is 0. The van der Waals surface area contributed by atoms with Gasteiger partial charge in [0.2, 0.25) is 0 Å². The van der Waals surface area contributed by atoms with Crippen LogP contribution in [-0.2, 0) is 12.0 Å². The molecule has 144 valence electrons. The van der Waals surface area contributed by atoms with Crippen LogP contribution in [0.1, 0.15) is 41.5 Å². The summed E-state index contributed by atoms with van der Waals surface area (Å²) in [6.07, 6.45) is 4.33. The molecule has 2 aliphatic rings. The number of ether oxygens (including phenoxy) is 1. The Balaban J connectivity index is 1.59. The Bertz CT molecular complexity index is 842. The Morgan fingerprint density at radius 3 is 2.81 bits per heavy atom. The number of aromatic amines is 1. The third-order valence-corrected chi connectivity index (χ3v) is 6.06. The van der Waals surface area contributed by atoms with Crippen molar-refractivity contribution in [3.8, 4) is 5.75 Å². The molecule has 0 saturated carbocycles. The standard InChI is InChI=1S/C20H25FN4O2/c1-3-25-10-7-15-18(23-13-22-15)20(25)8-11-24(12-9-20)19(26)17-14(21)5-4-6-16(17)27-2/h4-6,13H,3,7-12H2,1-2H3,(H,22,23). The first-order chi connectivity index (χ1) is 13.1. The number of nitrogens with zero attached hydrogens (tertiary/aromatic N) is 3. The number of nitrogens with one attached hydrogen (secondary N) is 1. The SMILES string of the molecule is CCN1CCc2[nH]cnc2C12CCN(C(=O)c1c(F)cccc1OC)CC2. The number of likely N-dealkylation sites (N-methyl/N-ethyl adjacent to an activating group) is 1. The lowest BCUT2D eigenvalue weighted by Gasteiger charge is -2.50. The summed E-state index contributed by atoms with van der Waals surface area (Å²) in [5.74, 6) is -0.564. The summed E-state index contributed by atoms with van der Waals surface area (Å²) in [7, 11) is 1.46. The lowest BCUT2D eigenvalue weighted by Crippen LogP contribution is -2.57. The van der Waals surface area contributed by atoms with Crippen molar-refractivity contribution < 1.29 is 13.9 Å². The van der Waals surface area contributed by atoms with Gasteiger partial charge in [0.05, 0.1) is 24.7 Å². The minimum absolute atomic E-state index is 0.0207. The summed E-state index contributed by atoms with van der Waals surface area (Å²) in [6.45, 7) is 5.24. The zero-order valence-corrected chi connectivity index (χ0v) is 15.8. The van der Waals surface area contributed by atoms with Crippen LogP contribution in [0.25, 0.3) is 0 Å². The summed E-state index contributed by atoms with van der Waals surface area (Å²) in [5.41, 5.74) is 2.20. The minimum atomic E-state index is -0.540. The van der Waals surface area contributed by atoms with E-state index in [9.17, 15) is 9.18 Å². The third-order valence-electron chi connectivity index (χ3n) is 6.06. The van der Waals surface area contributed by atoms with Crippen LogP contribution in [0, 0.1) is 5.82 Å². The number of rotatable bonds is 3. The van der Waals surface area contributed by atoms with Crippen molar-refractivity contribution in [1.82, 2.24) is 19.8 Å². The smallest absolute Gasteiger partial charge is 0.260 e. The molecule has 27 heavy (non-hydrogen) atoms. The van der Waals surface area contributed by atoms with E-state index in [4.69, 9.17) is 4.74 Å². The Hall–Kier alpha value is -2.41. The molecular weight excluding hydrogens is 347 g/mol. The number of benzene rings is 1. The number of hydrogen-bond donors (Lipinski definition) is 1. The van der Waals surface area contributed by atoms with E-state index < -0.39 is 5.82 Å². The van der Waals surface area contributed by atoms with E-state index in [2.05, 4.69) is 21.8 Å². The summed E-state index contributed by atoms with van der Waals surface area (Å²) in [6, 6.07) is 4.48. The first kappa shape index (κ1) is 18.0. The predicted octanol–water partition coefficient (Wildman–Crippen LogP) is 2.57. The molecule has 3 heterocycles. The van der Waals surface area contributed by atoms with E-state index in [-0.39, 0.29) is 22.8 Å². The number of carbonyl (C=O) groups is 1. The largest absolute Gasteiger partial charge is 0.496 e. The maximum absolute atomic E-state index is 14.3. The Morgan fingerprint density at radius 2 is 2.11 bits per heavy atom. The van der Waals surface area contributed by atoms with Crippen molar-refractivity contribution in [2.24, 2.45) is 0 Å². The molecule has 1 amide bonds. The molecule has 0 bridgehead atoms. The number of carbonyl (C=O) groups excluding carboxylic acids is 1. The second-order valence-electron chi connectivity index (χ2n) is 7.20. The maximum Gasteiger partial charge on any atom is 0.260 e. The summed E-state index contributed by atoms with van der Waals surface area (Å²) < 4.78 is 19.5. The van der Waals surface area contributed by atoms with E-state index in [0.29, 0.717) is 13.1 Å². The number of amides is 1. The molecule has 0 radical (unpaired) electrons. The normalized spacial score (nSPS) is 19.1. The van der Waals surface area contributed by atoms with Gasteiger partial charge < -0.3 is 14.6 Å². The van der Waals surface area contributed by atoms with E-state index in [0.717, 1.165) is 38.0 Å². The zero-order chi connectivity index (χ0) is 19.0. The molecule has 2 aromatic rings. The fourth-order valence-corrected chi connectivity index (χ4v) is 4.66. The minimum Gasteiger partial charge on any atom is -0.496 e.